The first-order chi connectivity index (χ1) is 7.20. The Morgan fingerprint density at radius 1 is 1.27 bits per heavy atom. The van der Waals surface area contributed by atoms with Gasteiger partial charge in [-0.3, -0.25) is 4.79 Å². The zero-order chi connectivity index (χ0) is 11.5. The first-order valence-corrected chi connectivity index (χ1v) is 5.49. The Hall–Kier alpha value is -0.610. The van der Waals surface area contributed by atoms with E-state index < -0.39 is 0 Å². The number of carbonyl (C=O) groups is 1. The van der Waals surface area contributed by atoms with Crippen molar-refractivity contribution in [1.29, 1.82) is 0 Å². The van der Waals surface area contributed by atoms with Gasteiger partial charge in [-0.15, -0.1) is 0 Å². The molecule has 0 heterocycles. The Kier molecular flexibility index (Phi) is 9.52. The molecule has 0 bridgehead atoms. The molecule has 0 saturated carbocycles. The average Bonchev–Trinajstić information content (AvgIpc) is 2.23. The minimum atomic E-state index is -0.158. The molecule has 0 fully saturated rings. The van der Waals surface area contributed by atoms with Crippen molar-refractivity contribution in [1.82, 2.24) is 5.32 Å². The van der Waals surface area contributed by atoms with Gasteiger partial charge in [-0.25, -0.2) is 0 Å². The molecule has 0 aromatic rings. The fourth-order valence-corrected chi connectivity index (χ4v) is 1.30. The Morgan fingerprint density at radius 3 is 2.60 bits per heavy atom. The van der Waals surface area contributed by atoms with Gasteiger partial charge in [0.2, 0.25) is 0 Å². The zero-order valence-electron chi connectivity index (χ0n) is 10.0. The lowest BCUT2D eigenvalue weighted by atomic mass is 10.2. The van der Waals surface area contributed by atoms with Crippen molar-refractivity contribution in [2.75, 3.05) is 27.4 Å². The summed E-state index contributed by atoms with van der Waals surface area (Å²) in [4.78, 5) is 10.9. The van der Waals surface area contributed by atoms with Gasteiger partial charge in [0.15, 0.2) is 0 Å². The molecule has 0 aromatic heterocycles. The second-order valence-electron chi connectivity index (χ2n) is 3.69. The van der Waals surface area contributed by atoms with E-state index in [1.54, 1.807) is 7.11 Å². The highest BCUT2D eigenvalue weighted by molar-refractivity contribution is 5.69. The van der Waals surface area contributed by atoms with Gasteiger partial charge in [-0.05, 0) is 32.7 Å². The summed E-state index contributed by atoms with van der Waals surface area (Å²) in [6.07, 6.45) is 3.82. The maximum Gasteiger partial charge on any atom is 0.307 e. The van der Waals surface area contributed by atoms with Crippen LogP contribution in [0.15, 0.2) is 0 Å². The summed E-state index contributed by atoms with van der Waals surface area (Å²) in [6.45, 7) is 3.77. The lowest BCUT2D eigenvalue weighted by Crippen LogP contribution is -2.29. The molecule has 0 radical (unpaired) electrons. The van der Waals surface area contributed by atoms with Crippen LogP contribution in [0.3, 0.4) is 0 Å². The molecular weight excluding hydrogens is 194 g/mol. The number of hydrogen-bond donors (Lipinski definition) is 1. The Labute approximate surface area is 92.3 Å². The predicted octanol–water partition coefficient (Wildman–Crippen LogP) is 1.34. The zero-order valence-corrected chi connectivity index (χ0v) is 10.0. The van der Waals surface area contributed by atoms with Crippen molar-refractivity contribution < 1.29 is 14.3 Å². The summed E-state index contributed by atoms with van der Waals surface area (Å²) < 4.78 is 9.54. The molecule has 0 aliphatic heterocycles. The van der Waals surface area contributed by atoms with E-state index in [1.165, 1.54) is 7.11 Å². The molecular formula is C11H23NO3. The van der Waals surface area contributed by atoms with E-state index >= 15 is 0 Å². The topological polar surface area (TPSA) is 47.6 Å². The molecule has 90 valence electrons. The van der Waals surface area contributed by atoms with Crippen LogP contribution in [0.5, 0.6) is 0 Å². The quantitative estimate of drug-likeness (QED) is 0.468. The van der Waals surface area contributed by atoms with E-state index in [1.807, 2.05) is 6.92 Å². The summed E-state index contributed by atoms with van der Waals surface area (Å²) in [7, 11) is 3.14. The molecule has 0 aliphatic rings. The number of rotatable bonds is 9. The highest BCUT2D eigenvalue weighted by atomic mass is 16.5. The SMILES string of the molecule is COCCCCCNC(C)CC(=O)OC. The maximum absolute atomic E-state index is 10.9. The van der Waals surface area contributed by atoms with Crippen LogP contribution in [0.2, 0.25) is 0 Å². The Bertz CT molecular complexity index is 162. The fraction of sp³-hybridized carbons (Fsp3) is 0.909. The van der Waals surface area contributed by atoms with Crippen molar-refractivity contribution in [3.63, 3.8) is 0 Å². The molecule has 1 N–H and O–H groups in total. The van der Waals surface area contributed by atoms with E-state index in [0.29, 0.717) is 6.42 Å². The summed E-state index contributed by atoms with van der Waals surface area (Å²) in [6, 6.07) is 0.194. The van der Waals surface area contributed by atoms with Gasteiger partial charge >= 0.3 is 5.97 Å². The molecule has 0 spiro atoms. The highest BCUT2D eigenvalue weighted by Gasteiger charge is 2.07. The summed E-state index contributed by atoms with van der Waals surface area (Å²) in [5, 5.41) is 3.28. The van der Waals surface area contributed by atoms with E-state index in [4.69, 9.17) is 4.74 Å². The summed E-state index contributed by atoms with van der Waals surface area (Å²) in [5.74, 6) is -0.158. The molecule has 0 rings (SSSR count). The molecule has 4 heteroatoms. The fourth-order valence-electron chi connectivity index (χ4n) is 1.30. The number of esters is 1. The first kappa shape index (κ1) is 14.4. The number of ether oxygens (including phenoxy) is 2. The number of carbonyl (C=O) groups excluding carboxylic acids is 1. The number of nitrogens with one attached hydrogen (secondary N) is 1. The van der Waals surface area contributed by atoms with Gasteiger partial charge in [0.25, 0.3) is 0 Å². The molecule has 0 aromatic carbocycles. The second-order valence-corrected chi connectivity index (χ2v) is 3.69. The summed E-state index contributed by atoms with van der Waals surface area (Å²) >= 11 is 0. The third-order valence-electron chi connectivity index (χ3n) is 2.22. The molecule has 0 amide bonds. The minimum Gasteiger partial charge on any atom is -0.469 e. The molecule has 0 aliphatic carbocycles. The number of hydrogen-bond acceptors (Lipinski definition) is 4. The van der Waals surface area contributed by atoms with Gasteiger partial charge in [-0.1, -0.05) is 0 Å². The number of unbranched alkanes of at least 4 members (excludes halogenated alkanes) is 2. The van der Waals surface area contributed by atoms with Gasteiger partial charge in [0.05, 0.1) is 13.5 Å². The molecule has 4 nitrogen and oxygen atoms in total. The third-order valence-corrected chi connectivity index (χ3v) is 2.22. The van der Waals surface area contributed by atoms with Crippen LogP contribution < -0.4 is 5.32 Å². The molecule has 1 unspecified atom stereocenters. The van der Waals surface area contributed by atoms with Gasteiger partial charge < -0.3 is 14.8 Å². The van der Waals surface area contributed by atoms with Crippen LogP contribution in [-0.4, -0.2) is 39.4 Å². The van der Waals surface area contributed by atoms with Crippen LogP contribution >= 0.6 is 0 Å². The average molecular weight is 217 g/mol. The highest BCUT2D eigenvalue weighted by Crippen LogP contribution is 1.97. The van der Waals surface area contributed by atoms with Crippen molar-refractivity contribution in [2.45, 2.75) is 38.6 Å². The summed E-state index contributed by atoms with van der Waals surface area (Å²) in [5.41, 5.74) is 0. The van der Waals surface area contributed by atoms with Crippen LogP contribution in [0.1, 0.15) is 32.6 Å². The lowest BCUT2D eigenvalue weighted by molar-refractivity contribution is -0.141. The van der Waals surface area contributed by atoms with Crippen LogP contribution in [-0.2, 0) is 14.3 Å². The van der Waals surface area contributed by atoms with Crippen molar-refractivity contribution in [3.8, 4) is 0 Å². The standard InChI is InChI=1S/C11H23NO3/c1-10(9-11(13)15-3)12-7-5-4-6-8-14-2/h10,12H,4-9H2,1-3H3. The predicted molar refractivity (Wildman–Crippen MR) is 59.8 cm³/mol. The third kappa shape index (κ3) is 9.69. The first-order valence-electron chi connectivity index (χ1n) is 5.49. The van der Waals surface area contributed by atoms with E-state index in [0.717, 1.165) is 32.4 Å². The van der Waals surface area contributed by atoms with Gasteiger partial charge in [0, 0.05) is 19.8 Å². The largest absolute Gasteiger partial charge is 0.469 e. The van der Waals surface area contributed by atoms with E-state index in [-0.39, 0.29) is 12.0 Å². The van der Waals surface area contributed by atoms with Gasteiger partial charge in [-0.2, -0.15) is 0 Å². The van der Waals surface area contributed by atoms with Crippen molar-refractivity contribution >= 4 is 5.97 Å². The lowest BCUT2D eigenvalue weighted by Gasteiger charge is -2.11. The van der Waals surface area contributed by atoms with Crippen LogP contribution in [0, 0.1) is 0 Å². The monoisotopic (exact) mass is 217 g/mol. The Morgan fingerprint density at radius 2 is 2.00 bits per heavy atom. The molecule has 15 heavy (non-hydrogen) atoms. The normalized spacial score (nSPS) is 12.5. The minimum absolute atomic E-state index is 0.158. The molecule has 1 atom stereocenters. The van der Waals surface area contributed by atoms with Crippen molar-refractivity contribution in [2.24, 2.45) is 0 Å². The van der Waals surface area contributed by atoms with Crippen LogP contribution in [0.25, 0.3) is 0 Å². The maximum atomic E-state index is 10.9. The second kappa shape index (κ2) is 9.93. The Balaban J connectivity index is 3.23. The smallest absolute Gasteiger partial charge is 0.307 e. The van der Waals surface area contributed by atoms with E-state index in [2.05, 4.69) is 10.1 Å². The van der Waals surface area contributed by atoms with Crippen molar-refractivity contribution in [3.05, 3.63) is 0 Å². The number of methoxy groups -OCH3 is 2. The van der Waals surface area contributed by atoms with E-state index in [9.17, 15) is 4.79 Å². The van der Waals surface area contributed by atoms with Gasteiger partial charge in [0.1, 0.15) is 0 Å². The molecule has 0 saturated heterocycles. The van der Waals surface area contributed by atoms with Crippen LogP contribution in [0.4, 0.5) is 0 Å².